The molecule has 6 aromatic rings. The molecule has 3 unspecified atom stereocenters. The van der Waals surface area contributed by atoms with Gasteiger partial charge in [-0.25, -0.2) is 4.57 Å². The largest absolute Gasteiger partial charge is 0.308 e. The Morgan fingerprint density at radius 1 is 0.938 bits per heavy atom. The molecule has 2 aliphatic rings. The number of hydrogen-bond acceptors (Lipinski definition) is 1. The van der Waals surface area contributed by atoms with Crippen molar-refractivity contribution in [3.8, 4) is 0 Å². The second-order valence-electron chi connectivity index (χ2n) is 10.4. The fourth-order valence-corrected chi connectivity index (χ4v) is 7.52. The van der Waals surface area contributed by atoms with Gasteiger partial charge in [-0.3, -0.25) is 0 Å². The average molecular weight is 417 g/mol. The smallest absolute Gasteiger partial charge is 0.287 e. The van der Waals surface area contributed by atoms with Crippen molar-refractivity contribution in [2.24, 2.45) is 18.9 Å². The van der Waals surface area contributed by atoms with Crippen molar-refractivity contribution < 1.29 is 4.57 Å². The van der Waals surface area contributed by atoms with Gasteiger partial charge in [-0.2, -0.15) is 0 Å². The number of rotatable bonds is 1. The number of benzene rings is 3. The van der Waals surface area contributed by atoms with Crippen LogP contribution < -0.4 is 4.57 Å². The van der Waals surface area contributed by atoms with Gasteiger partial charge in [0.25, 0.3) is 6.33 Å². The molecule has 2 aliphatic carbocycles. The summed E-state index contributed by atoms with van der Waals surface area (Å²) in [7, 11) is 2.14. The number of para-hydroxylation sites is 1. The van der Waals surface area contributed by atoms with E-state index in [-0.39, 0.29) is 0 Å². The summed E-state index contributed by atoms with van der Waals surface area (Å²) >= 11 is 0. The summed E-state index contributed by atoms with van der Waals surface area (Å²) in [5.41, 5.74) is 9.33. The third-order valence-electron chi connectivity index (χ3n) is 8.77. The van der Waals surface area contributed by atoms with Crippen LogP contribution >= 0.6 is 0 Å². The lowest BCUT2D eigenvalue weighted by atomic mass is 9.81. The lowest BCUT2D eigenvalue weighted by molar-refractivity contribution is -0.646. The average Bonchev–Trinajstić information content (AvgIpc) is 3.53. The molecule has 156 valence electrons. The van der Waals surface area contributed by atoms with Crippen molar-refractivity contribution in [2.45, 2.75) is 38.5 Å². The summed E-state index contributed by atoms with van der Waals surface area (Å²) in [6.45, 7) is 2.24. The van der Waals surface area contributed by atoms with Crippen LogP contribution in [0.4, 0.5) is 0 Å². The van der Waals surface area contributed by atoms with Crippen LogP contribution in [0.5, 0.6) is 0 Å². The topological polar surface area (TPSA) is 21.2 Å². The van der Waals surface area contributed by atoms with E-state index in [1.54, 1.807) is 5.56 Å². The Bertz CT molecular complexity index is 1720. The number of hydrogen-bond donors (Lipinski definition) is 0. The molecule has 3 heterocycles. The van der Waals surface area contributed by atoms with Crippen LogP contribution in [0.2, 0.25) is 0 Å². The Morgan fingerprint density at radius 2 is 1.81 bits per heavy atom. The lowest BCUT2D eigenvalue weighted by Crippen LogP contribution is -2.30. The van der Waals surface area contributed by atoms with E-state index in [1.165, 1.54) is 74.9 Å². The molecule has 0 saturated heterocycles. The second-order valence-corrected chi connectivity index (χ2v) is 10.4. The lowest BCUT2D eigenvalue weighted by Gasteiger charge is -2.23. The van der Waals surface area contributed by atoms with E-state index in [0.717, 1.165) is 17.4 Å². The monoisotopic (exact) mass is 416 g/mol. The summed E-state index contributed by atoms with van der Waals surface area (Å²) in [4.78, 5) is 4.98. The molecule has 0 amide bonds. The van der Waals surface area contributed by atoms with Gasteiger partial charge in [0.15, 0.2) is 5.52 Å². The van der Waals surface area contributed by atoms with E-state index >= 15 is 0 Å². The van der Waals surface area contributed by atoms with Gasteiger partial charge in [0.05, 0.1) is 29.0 Å². The molecular formula is C29H26N3+. The summed E-state index contributed by atoms with van der Waals surface area (Å²) in [5, 5.41) is 5.53. The third-order valence-corrected chi connectivity index (χ3v) is 8.77. The molecule has 3 nitrogen and oxygen atoms in total. The maximum absolute atomic E-state index is 4.98. The molecule has 0 aliphatic heterocycles. The Morgan fingerprint density at radius 3 is 2.66 bits per heavy atom. The molecule has 2 bridgehead atoms. The van der Waals surface area contributed by atoms with Crippen LogP contribution in [0.1, 0.15) is 42.7 Å². The summed E-state index contributed by atoms with van der Waals surface area (Å²) in [5.74, 6) is 2.45. The Hall–Kier alpha value is -3.20. The fourth-order valence-electron chi connectivity index (χ4n) is 7.52. The molecule has 8 rings (SSSR count). The SMILES string of the molecule is Cc1cccc2c1c1c3c(cc(C4CC5CCC4C5)c4c5ccccc5n2c43)nc[n+]1C. The van der Waals surface area contributed by atoms with Gasteiger partial charge >= 0.3 is 0 Å². The first kappa shape index (κ1) is 17.4. The highest BCUT2D eigenvalue weighted by molar-refractivity contribution is 6.27. The van der Waals surface area contributed by atoms with Gasteiger partial charge in [-0.15, -0.1) is 0 Å². The fraction of sp³-hybridized carbons (Fsp3) is 0.310. The van der Waals surface area contributed by atoms with Crippen molar-refractivity contribution in [3.63, 3.8) is 0 Å². The number of nitrogens with zero attached hydrogens (tertiary/aromatic N) is 3. The number of pyridine rings is 1. The van der Waals surface area contributed by atoms with Gasteiger partial charge in [-0.1, -0.05) is 36.8 Å². The van der Waals surface area contributed by atoms with E-state index in [2.05, 4.69) is 71.5 Å². The third kappa shape index (κ3) is 1.94. The van der Waals surface area contributed by atoms with Crippen LogP contribution in [-0.4, -0.2) is 9.38 Å². The number of aromatic nitrogens is 3. The van der Waals surface area contributed by atoms with Crippen molar-refractivity contribution >= 4 is 49.1 Å². The summed E-state index contributed by atoms with van der Waals surface area (Å²) in [6.07, 6.45) is 7.63. The van der Waals surface area contributed by atoms with E-state index in [4.69, 9.17) is 4.98 Å². The van der Waals surface area contributed by atoms with Crippen molar-refractivity contribution in [1.82, 2.24) is 9.38 Å². The minimum Gasteiger partial charge on any atom is -0.308 e. The van der Waals surface area contributed by atoms with Crippen LogP contribution in [0.15, 0.2) is 54.9 Å². The van der Waals surface area contributed by atoms with Crippen molar-refractivity contribution in [3.05, 3.63) is 66.0 Å². The molecule has 3 heteroatoms. The molecule has 3 aromatic carbocycles. The predicted octanol–water partition coefficient (Wildman–Crippen LogP) is 6.42. The minimum absolute atomic E-state index is 0.676. The molecule has 3 atom stereocenters. The number of aryl methyl sites for hydroxylation is 2. The van der Waals surface area contributed by atoms with Crippen LogP contribution in [-0.2, 0) is 7.05 Å². The highest BCUT2D eigenvalue weighted by Gasteiger charge is 2.42. The zero-order valence-electron chi connectivity index (χ0n) is 18.6. The summed E-state index contributed by atoms with van der Waals surface area (Å²) < 4.78 is 4.77. The first-order valence-corrected chi connectivity index (χ1v) is 12.1. The van der Waals surface area contributed by atoms with Gasteiger partial charge in [0, 0.05) is 16.2 Å². The van der Waals surface area contributed by atoms with Gasteiger partial charge in [-0.05, 0) is 78.2 Å². The van der Waals surface area contributed by atoms with Gasteiger partial charge in [0.1, 0.15) is 5.52 Å². The number of fused-ring (bicyclic) bond motifs is 8. The van der Waals surface area contributed by atoms with Crippen LogP contribution in [0, 0.1) is 18.8 Å². The highest BCUT2D eigenvalue weighted by atomic mass is 15.0. The van der Waals surface area contributed by atoms with Gasteiger partial charge in [0.2, 0.25) is 0 Å². The summed E-state index contributed by atoms with van der Waals surface area (Å²) in [6, 6.07) is 18.3. The molecule has 0 spiro atoms. The molecule has 32 heavy (non-hydrogen) atoms. The quantitative estimate of drug-likeness (QED) is 0.172. The van der Waals surface area contributed by atoms with E-state index in [9.17, 15) is 0 Å². The van der Waals surface area contributed by atoms with E-state index in [0.29, 0.717) is 5.92 Å². The van der Waals surface area contributed by atoms with E-state index in [1.807, 2.05) is 6.33 Å². The molecular weight excluding hydrogens is 390 g/mol. The minimum atomic E-state index is 0.676. The molecule has 2 saturated carbocycles. The Labute approximate surface area is 186 Å². The maximum Gasteiger partial charge on any atom is 0.287 e. The molecule has 0 radical (unpaired) electrons. The zero-order chi connectivity index (χ0) is 21.1. The standard InChI is InChI=1S/C29H26N3/c1-16-6-5-9-24-25(16)28-27-22(30-15-31(28)2)14-21(20-13-17-10-11-18(20)12-17)26-19-7-3-4-8-23(19)32(24)29(26)27/h3-9,14-15,17-18,20H,10-13H2,1-2H3/q+1. The molecule has 2 fully saturated rings. The normalized spacial score (nSPS) is 23.1. The molecule has 3 aromatic heterocycles. The van der Waals surface area contributed by atoms with Crippen molar-refractivity contribution in [2.75, 3.05) is 0 Å². The highest BCUT2D eigenvalue weighted by Crippen LogP contribution is 2.55. The second kappa shape index (κ2) is 5.78. The Balaban J connectivity index is 1.70. The van der Waals surface area contributed by atoms with Gasteiger partial charge < -0.3 is 4.40 Å². The Kier molecular flexibility index (Phi) is 3.13. The molecule has 0 N–H and O–H groups in total. The van der Waals surface area contributed by atoms with Crippen molar-refractivity contribution in [1.29, 1.82) is 0 Å². The van der Waals surface area contributed by atoms with Crippen LogP contribution in [0.25, 0.3) is 49.1 Å². The maximum atomic E-state index is 4.98. The van der Waals surface area contributed by atoms with E-state index < -0.39 is 0 Å². The zero-order valence-corrected chi connectivity index (χ0v) is 18.6. The van der Waals surface area contributed by atoms with Crippen LogP contribution in [0.3, 0.4) is 0 Å². The first-order valence-electron chi connectivity index (χ1n) is 12.1. The first-order chi connectivity index (χ1) is 15.7. The predicted molar refractivity (Wildman–Crippen MR) is 131 cm³/mol.